The zero-order valence-corrected chi connectivity index (χ0v) is 13.7. The lowest BCUT2D eigenvalue weighted by Gasteiger charge is -2.12. The number of ether oxygens (including phenoxy) is 2. The molecule has 0 spiro atoms. The van der Waals surface area contributed by atoms with Crippen LogP contribution in [0.5, 0.6) is 11.5 Å². The Bertz CT molecular complexity index is 556. The van der Waals surface area contributed by atoms with E-state index in [1.807, 2.05) is 42.5 Å². The second-order valence-corrected chi connectivity index (χ2v) is 5.42. The molecule has 19 heavy (non-hydrogen) atoms. The maximum absolute atomic E-state index is 5.91. The molecule has 0 unspecified atom stereocenters. The number of rotatable bonds is 5. The highest BCUT2D eigenvalue weighted by Crippen LogP contribution is 2.31. The summed E-state index contributed by atoms with van der Waals surface area (Å²) in [6, 6.07) is 13.9. The van der Waals surface area contributed by atoms with Crippen LogP contribution in [-0.4, -0.2) is 7.11 Å². The molecule has 2 nitrogen and oxygen atoms in total. The largest absolute Gasteiger partial charge is 0.497 e. The molecule has 4 heteroatoms. The molecule has 0 aliphatic rings. The second-order valence-electron chi connectivity index (χ2n) is 4.00. The van der Waals surface area contributed by atoms with E-state index < -0.39 is 0 Å². The minimum atomic E-state index is 0.514. The fourth-order valence-electron chi connectivity index (χ4n) is 1.74. The lowest BCUT2D eigenvalue weighted by molar-refractivity contribution is 0.301. The molecular weight excluding hydrogens is 372 g/mol. The molecule has 2 rings (SSSR count). The number of para-hydroxylation sites is 1. The average molecular weight is 386 g/mol. The van der Waals surface area contributed by atoms with Gasteiger partial charge in [0.25, 0.3) is 0 Å². The Hall–Kier alpha value is -1.00. The number of hydrogen-bond donors (Lipinski definition) is 0. The molecule has 2 aromatic rings. The first-order valence-electron chi connectivity index (χ1n) is 5.83. The van der Waals surface area contributed by atoms with Crippen molar-refractivity contribution >= 4 is 31.9 Å². The Kier molecular flexibility index (Phi) is 5.28. The predicted molar refractivity (Wildman–Crippen MR) is 84.1 cm³/mol. The maximum atomic E-state index is 5.91. The molecule has 0 amide bonds. The van der Waals surface area contributed by atoms with Crippen molar-refractivity contribution in [3.05, 3.63) is 58.1 Å². The Morgan fingerprint density at radius 3 is 2.63 bits per heavy atom. The van der Waals surface area contributed by atoms with E-state index in [4.69, 9.17) is 9.47 Å². The van der Waals surface area contributed by atoms with E-state index in [0.717, 1.165) is 32.4 Å². The summed E-state index contributed by atoms with van der Waals surface area (Å²) in [5, 5.41) is 0.764. The third-order valence-corrected chi connectivity index (χ3v) is 3.94. The molecule has 0 radical (unpaired) electrons. The molecule has 0 saturated carbocycles. The van der Waals surface area contributed by atoms with E-state index in [2.05, 4.69) is 31.9 Å². The summed E-state index contributed by atoms with van der Waals surface area (Å²) in [5.41, 5.74) is 2.20. The van der Waals surface area contributed by atoms with Crippen molar-refractivity contribution in [1.29, 1.82) is 0 Å². The first kappa shape index (κ1) is 14.4. The van der Waals surface area contributed by atoms with Gasteiger partial charge >= 0.3 is 0 Å². The summed E-state index contributed by atoms with van der Waals surface area (Å²) in [4.78, 5) is 0. The minimum Gasteiger partial charge on any atom is -0.497 e. The van der Waals surface area contributed by atoms with Crippen LogP contribution in [0.15, 0.2) is 46.9 Å². The van der Waals surface area contributed by atoms with Gasteiger partial charge in [-0.15, -0.1) is 0 Å². The topological polar surface area (TPSA) is 18.5 Å². The maximum Gasteiger partial charge on any atom is 0.138 e. The lowest BCUT2D eigenvalue weighted by atomic mass is 10.2. The van der Waals surface area contributed by atoms with Gasteiger partial charge in [-0.1, -0.05) is 40.2 Å². The van der Waals surface area contributed by atoms with E-state index in [-0.39, 0.29) is 0 Å². The summed E-state index contributed by atoms with van der Waals surface area (Å²) in [7, 11) is 1.66. The van der Waals surface area contributed by atoms with Crippen LogP contribution in [-0.2, 0) is 11.9 Å². The Balaban J connectivity index is 2.14. The first-order valence-corrected chi connectivity index (χ1v) is 7.75. The number of benzene rings is 2. The highest BCUT2D eigenvalue weighted by molar-refractivity contribution is 9.10. The molecule has 0 bridgehead atoms. The minimum absolute atomic E-state index is 0.514. The van der Waals surface area contributed by atoms with Crippen LogP contribution in [0.3, 0.4) is 0 Å². The van der Waals surface area contributed by atoms with Crippen LogP contribution in [0, 0.1) is 0 Å². The quantitative estimate of drug-likeness (QED) is 0.679. The van der Waals surface area contributed by atoms with Crippen LogP contribution in [0.25, 0.3) is 0 Å². The number of halogens is 2. The van der Waals surface area contributed by atoms with Gasteiger partial charge in [-0.2, -0.15) is 0 Å². The van der Waals surface area contributed by atoms with E-state index in [1.165, 1.54) is 0 Å². The predicted octanol–water partition coefficient (Wildman–Crippen LogP) is 4.93. The lowest BCUT2D eigenvalue weighted by Crippen LogP contribution is -1.99. The molecule has 0 aliphatic carbocycles. The van der Waals surface area contributed by atoms with Crippen LogP contribution in [0.4, 0.5) is 0 Å². The molecule has 0 aliphatic heterocycles. The van der Waals surface area contributed by atoms with Gasteiger partial charge in [-0.3, -0.25) is 0 Å². The van der Waals surface area contributed by atoms with Gasteiger partial charge in [0.1, 0.15) is 18.1 Å². The molecule has 0 saturated heterocycles. The van der Waals surface area contributed by atoms with Crippen LogP contribution < -0.4 is 9.47 Å². The van der Waals surface area contributed by atoms with Crippen LogP contribution >= 0.6 is 31.9 Å². The van der Waals surface area contributed by atoms with E-state index in [9.17, 15) is 0 Å². The molecule has 0 N–H and O–H groups in total. The fraction of sp³-hybridized carbons (Fsp3) is 0.200. The van der Waals surface area contributed by atoms with Gasteiger partial charge in [0.15, 0.2) is 0 Å². The molecule has 100 valence electrons. The van der Waals surface area contributed by atoms with Crippen molar-refractivity contribution in [2.45, 2.75) is 11.9 Å². The molecule has 0 aromatic heterocycles. The molecule has 0 fully saturated rings. The van der Waals surface area contributed by atoms with Crippen molar-refractivity contribution in [2.24, 2.45) is 0 Å². The average Bonchev–Trinajstić information content (AvgIpc) is 2.46. The van der Waals surface area contributed by atoms with E-state index >= 15 is 0 Å². The molecular formula is C15H14Br2O2. The second kappa shape index (κ2) is 6.96. The third kappa shape index (κ3) is 3.74. The summed E-state index contributed by atoms with van der Waals surface area (Å²) < 4.78 is 12.1. The van der Waals surface area contributed by atoms with Gasteiger partial charge in [-0.25, -0.2) is 0 Å². The van der Waals surface area contributed by atoms with Crippen LogP contribution in [0.2, 0.25) is 0 Å². The van der Waals surface area contributed by atoms with Gasteiger partial charge in [0.05, 0.1) is 11.6 Å². The van der Waals surface area contributed by atoms with Gasteiger partial charge < -0.3 is 9.47 Å². The molecule has 0 atom stereocenters. The summed E-state index contributed by atoms with van der Waals surface area (Å²) >= 11 is 6.99. The number of alkyl halides is 1. The summed E-state index contributed by atoms with van der Waals surface area (Å²) in [6.45, 7) is 0.514. The van der Waals surface area contributed by atoms with E-state index in [0.29, 0.717) is 6.61 Å². The monoisotopic (exact) mass is 384 g/mol. The smallest absolute Gasteiger partial charge is 0.138 e. The van der Waals surface area contributed by atoms with Crippen molar-refractivity contribution in [1.82, 2.24) is 0 Å². The first-order chi connectivity index (χ1) is 9.24. The highest BCUT2D eigenvalue weighted by Gasteiger charge is 2.07. The zero-order chi connectivity index (χ0) is 13.7. The van der Waals surface area contributed by atoms with Crippen molar-refractivity contribution in [3.63, 3.8) is 0 Å². The summed E-state index contributed by atoms with van der Waals surface area (Å²) in [5.74, 6) is 1.72. The summed E-state index contributed by atoms with van der Waals surface area (Å²) in [6.07, 6.45) is 0. The molecule has 0 heterocycles. The third-order valence-electron chi connectivity index (χ3n) is 2.71. The fourth-order valence-corrected chi connectivity index (χ4v) is 2.70. The van der Waals surface area contributed by atoms with Gasteiger partial charge in [-0.05, 0) is 39.7 Å². The van der Waals surface area contributed by atoms with Crippen molar-refractivity contribution in [3.8, 4) is 11.5 Å². The van der Waals surface area contributed by atoms with Gasteiger partial charge in [0.2, 0.25) is 0 Å². The molecule has 2 aromatic carbocycles. The normalized spacial score (nSPS) is 10.3. The highest BCUT2D eigenvalue weighted by atomic mass is 79.9. The zero-order valence-electron chi connectivity index (χ0n) is 10.5. The Morgan fingerprint density at radius 2 is 1.89 bits per heavy atom. The standard InChI is InChI=1S/C15H14Br2O2/c1-18-13-6-2-4-11(8-13)10-19-15-12(9-16)5-3-7-14(15)17/h2-8H,9-10H2,1H3. The Labute approximate surface area is 130 Å². The van der Waals surface area contributed by atoms with Crippen molar-refractivity contribution < 1.29 is 9.47 Å². The van der Waals surface area contributed by atoms with Gasteiger partial charge in [0, 0.05) is 10.9 Å². The number of methoxy groups -OCH3 is 1. The Morgan fingerprint density at radius 1 is 1.11 bits per heavy atom. The van der Waals surface area contributed by atoms with Crippen LogP contribution in [0.1, 0.15) is 11.1 Å². The number of hydrogen-bond acceptors (Lipinski definition) is 2. The van der Waals surface area contributed by atoms with Crippen molar-refractivity contribution in [2.75, 3.05) is 7.11 Å². The van der Waals surface area contributed by atoms with E-state index in [1.54, 1.807) is 7.11 Å². The SMILES string of the molecule is COc1cccc(COc2c(Br)cccc2CBr)c1.